The summed E-state index contributed by atoms with van der Waals surface area (Å²) in [6.07, 6.45) is 1.74. The Labute approximate surface area is 96.3 Å². The van der Waals surface area contributed by atoms with Crippen molar-refractivity contribution in [2.45, 2.75) is 0 Å². The van der Waals surface area contributed by atoms with Gasteiger partial charge in [0.15, 0.2) is 0 Å². The van der Waals surface area contributed by atoms with Crippen molar-refractivity contribution in [3.8, 4) is 0 Å². The molecule has 0 aromatic rings. The van der Waals surface area contributed by atoms with Gasteiger partial charge in [0, 0.05) is 33.7 Å². The third-order valence-electron chi connectivity index (χ3n) is 2.13. The minimum absolute atomic E-state index is 0.0247. The molecule has 0 saturated carbocycles. The highest BCUT2D eigenvalue weighted by Crippen LogP contribution is 1.96. The summed E-state index contributed by atoms with van der Waals surface area (Å²) >= 11 is 0. The molecule has 0 radical (unpaired) electrons. The Morgan fingerprint density at radius 3 is 2.81 bits per heavy atom. The van der Waals surface area contributed by atoms with Crippen LogP contribution in [-0.4, -0.2) is 75.7 Å². The lowest BCUT2D eigenvalue weighted by atomic mass is 10.4. The van der Waals surface area contributed by atoms with Crippen LogP contribution in [0.4, 0.5) is 4.79 Å². The number of amides is 2. The number of urea groups is 1. The third kappa shape index (κ3) is 4.97. The van der Waals surface area contributed by atoms with Gasteiger partial charge in [0.05, 0.1) is 26.1 Å². The van der Waals surface area contributed by atoms with Crippen molar-refractivity contribution < 1.29 is 9.53 Å². The maximum atomic E-state index is 11.6. The Hall–Kier alpha value is -1.30. The maximum absolute atomic E-state index is 11.6. The highest BCUT2D eigenvalue weighted by atomic mass is 16.5. The van der Waals surface area contributed by atoms with Crippen LogP contribution in [-0.2, 0) is 4.74 Å². The van der Waals surface area contributed by atoms with E-state index in [9.17, 15) is 4.79 Å². The fourth-order valence-corrected chi connectivity index (χ4v) is 1.33. The van der Waals surface area contributed by atoms with Crippen LogP contribution in [0.1, 0.15) is 0 Å². The molecule has 0 aromatic heterocycles. The SMILES string of the molecule is CN(C)C=NCCNC(=O)N1CCOCC1. The number of aliphatic imine (C=N–C) groups is 1. The van der Waals surface area contributed by atoms with E-state index in [2.05, 4.69) is 10.3 Å². The number of carbonyl (C=O) groups is 1. The van der Waals surface area contributed by atoms with Crippen molar-refractivity contribution in [2.75, 3.05) is 53.5 Å². The molecule has 92 valence electrons. The van der Waals surface area contributed by atoms with Gasteiger partial charge < -0.3 is 19.9 Å². The van der Waals surface area contributed by atoms with E-state index in [1.54, 1.807) is 11.2 Å². The van der Waals surface area contributed by atoms with Gasteiger partial charge in [-0.1, -0.05) is 0 Å². The Morgan fingerprint density at radius 2 is 2.19 bits per heavy atom. The maximum Gasteiger partial charge on any atom is 0.317 e. The summed E-state index contributed by atoms with van der Waals surface area (Å²) < 4.78 is 5.17. The number of morpholine rings is 1. The number of nitrogens with zero attached hydrogens (tertiary/aromatic N) is 3. The number of carbonyl (C=O) groups excluding carboxylic acids is 1. The van der Waals surface area contributed by atoms with Crippen LogP contribution in [0.15, 0.2) is 4.99 Å². The molecule has 0 aliphatic carbocycles. The van der Waals surface area contributed by atoms with Crippen LogP contribution in [0.5, 0.6) is 0 Å². The molecule has 6 heteroatoms. The molecular weight excluding hydrogens is 208 g/mol. The highest BCUT2D eigenvalue weighted by molar-refractivity contribution is 5.74. The molecule has 0 bridgehead atoms. The normalized spacial score (nSPS) is 16.5. The summed E-state index contributed by atoms with van der Waals surface area (Å²) in [4.78, 5) is 19.4. The van der Waals surface area contributed by atoms with E-state index in [0.717, 1.165) is 0 Å². The third-order valence-corrected chi connectivity index (χ3v) is 2.13. The van der Waals surface area contributed by atoms with Gasteiger partial charge in [-0.05, 0) is 0 Å². The minimum Gasteiger partial charge on any atom is -0.378 e. The monoisotopic (exact) mass is 228 g/mol. The zero-order chi connectivity index (χ0) is 11.8. The second-order valence-electron chi connectivity index (χ2n) is 3.82. The minimum atomic E-state index is -0.0247. The van der Waals surface area contributed by atoms with Crippen molar-refractivity contribution in [1.82, 2.24) is 15.1 Å². The first-order chi connectivity index (χ1) is 7.70. The molecule has 1 aliphatic heterocycles. The second kappa shape index (κ2) is 7.05. The van der Waals surface area contributed by atoms with E-state index >= 15 is 0 Å². The van der Waals surface area contributed by atoms with Gasteiger partial charge in [-0.3, -0.25) is 4.99 Å². The smallest absolute Gasteiger partial charge is 0.317 e. The van der Waals surface area contributed by atoms with Crippen LogP contribution >= 0.6 is 0 Å². The molecule has 16 heavy (non-hydrogen) atoms. The van der Waals surface area contributed by atoms with Crippen molar-refractivity contribution in [1.29, 1.82) is 0 Å². The number of ether oxygens (including phenoxy) is 1. The highest BCUT2D eigenvalue weighted by Gasteiger charge is 2.15. The summed E-state index contributed by atoms with van der Waals surface area (Å²) in [7, 11) is 3.83. The lowest BCUT2D eigenvalue weighted by Gasteiger charge is -2.26. The first-order valence-corrected chi connectivity index (χ1v) is 5.47. The molecule has 1 fully saturated rings. The molecule has 0 aromatic carbocycles. The molecule has 1 heterocycles. The van der Waals surface area contributed by atoms with Gasteiger partial charge >= 0.3 is 6.03 Å². The Balaban J connectivity index is 2.10. The number of nitrogens with one attached hydrogen (secondary N) is 1. The lowest BCUT2D eigenvalue weighted by Crippen LogP contribution is -2.46. The predicted molar refractivity (Wildman–Crippen MR) is 62.8 cm³/mol. The van der Waals surface area contributed by atoms with Crippen LogP contribution in [0.3, 0.4) is 0 Å². The molecule has 1 aliphatic rings. The van der Waals surface area contributed by atoms with Gasteiger partial charge in [0.25, 0.3) is 0 Å². The fourth-order valence-electron chi connectivity index (χ4n) is 1.33. The van der Waals surface area contributed by atoms with Crippen molar-refractivity contribution in [3.05, 3.63) is 0 Å². The molecule has 1 rings (SSSR count). The summed E-state index contributed by atoms with van der Waals surface area (Å²) in [6, 6.07) is -0.0247. The van der Waals surface area contributed by atoms with Crippen LogP contribution in [0.2, 0.25) is 0 Å². The molecule has 1 N–H and O–H groups in total. The zero-order valence-corrected chi connectivity index (χ0v) is 9.98. The van der Waals surface area contributed by atoms with Gasteiger partial charge in [-0.25, -0.2) is 4.79 Å². The lowest BCUT2D eigenvalue weighted by molar-refractivity contribution is 0.0533. The van der Waals surface area contributed by atoms with E-state index < -0.39 is 0 Å². The Bertz CT molecular complexity index is 237. The quantitative estimate of drug-likeness (QED) is 0.405. The van der Waals surface area contributed by atoms with Gasteiger partial charge in [0.1, 0.15) is 0 Å². The van der Waals surface area contributed by atoms with Gasteiger partial charge in [-0.2, -0.15) is 0 Å². The Morgan fingerprint density at radius 1 is 1.50 bits per heavy atom. The van der Waals surface area contributed by atoms with Crippen molar-refractivity contribution in [2.24, 2.45) is 4.99 Å². The van der Waals surface area contributed by atoms with Crippen LogP contribution in [0.25, 0.3) is 0 Å². The van der Waals surface area contributed by atoms with Gasteiger partial charge in [0.2, 0.25) is 0 Å². The summed E-state index contributed by atoms with van der Waals surface area (Å²) in [6.45, 7) is 3.78. The summed E-state index contributed by atoms with van der Waals surface area (Å²) in [5, 5.41) is 2.83. The van der Waals surface area contributed by atoms with E-state index in [4.69, 9.17) is 4.74 Å². The van der Waals surface area contributed by atoms with Crippen molar-refractivity contribution >= 4 is 12.4 Å². The van der Waals surface area contributed by atoms with E-state index in [0.29, 0.717) is 39.4 Å². The Kier molecular flexibility index (Phi) is 5.63. The molecular formula is C10H20N4O2. The molecule has 0 spiro atoms. The zero-order valence-electron chi connectivity index (χ0n) is 9.98. The molecule has 0 atom stereocenters. The first kappa shape index (κ1) is 12.8. The van der Waals surface area contributed by atoms with E-state index in [1.165, 1.54) is 0 Å². The van der Waals surface area contributed by atoms with Crippen molar-refractivity contribution in [3.63, 3.8) is 0 Å². The predicted octanol–water partition coefficient (Wildman–Crippen LogP) is -0.382. The number of rotatable bonds is 4. The van der Waals surface area contributed by atoms with Crippen LogP contribution in [0, 0.1) is 0 Å². The largest absolute Gasteiger partial charge is 0.378 e. The van der Waals surface area contributed by atoms with E-state index in [1.807, 2.05) is 19.0 Å². The molecule has 6 nitrogen and oxygen atoms in total. The fraction of sp³-hybridized carbons (Fsp3) is 0.800. The van der Waals surface area contributed by atoms with Crippen LogP contribution < -0.4 is 5.32 Å². The molecule has 2 amide bonds. The average Bonchev–Trinajstić information content (AvgIpc) is 2.29. The van der Waals surface area contributed by atoms with E-state index in [-0.39, 0.29) is 6.03 Å². The number of hydrogen-bond donors (Lipinski definition) is 1. The summed E-state index contributed by atoms with van der Waals surface area (Å²) in [5.41, 5.74) is 0. The first-order valence-electron chi connectivity index (χ1n) is 5.47. The molecule has 1 saturated heterocycles. The standard InChI is InChI=1S/C10H20N4O2/c1-13(2)9-11-3-4-12-10(15)14-5-7-16-8-6-14/h9H,3-8H2,1-2H3,(H,12,15). The number of hydrogen-bond acceptors (Lipinski definition) is 3. The summed E-state index contributed by atoms with van der Waals surface area (Å²) in [5.74, 6) is 0. The average molecular weight is 228 g/mol. The molecule has 0 unspecified atom stereocenters. The topological polar surface area (TPSA) is 57.2 Å². The van der Waals surface area contributed by atoms with Gasteiger partial charge in [-0.15, -0.1) is 0 Å². The second-order valence-corrected chi connectivity index (χ2v) is 3.82.